The van der Waals surface area contributed by atoms with Crippen LogP contribution in [0.15, 0.2) is 39.9 Å². The van der Waals surface area contributed by atoms with Gasteiger partial charge in [0.15, 0.2) is 4.34 Å². The molecule has 1 aromatic carbocycles. The van der Waals surface area contributed by atoms with E-state index >= 15 is 0 Å². The van der Waals surface area contributed by atoms with E-state index in [0.717, 1.165) is 14.8 Å². The quantitative estimate of drug-likeness (QED) is 0.113. The normalized spacial score (nSPS) is 19.6. The first-order chi connectivity index (χ1) is 23.3. The van der Waals surface area contributed by atoms with Crippen LogP contribution in [-0.2, 0) is 23.9 Å². The minimum Gasteiger partial charge on any atom is -0.480 e. The van der Waals surface area contributed by atoms with Gasteiger partial charge in [0.1, 0.15) is 40.8 Å². The Morgan fingerprint density at radius 2 is 1.90 bits per heavy atom. The summed E-state index contributed by atoms with van der Waals surface area (Å²) >= 11 is 3.95. The van der Waals surface area contributed by atoms with Gasteiger partial charge in [0.05, 0.1) is 0 Å². The van der Waals surface area contributed by atoms with Gasteiger partial charge in [0.25, 0.3) is 5.91 Å². The van der Waals surface area contributed by atoms with Crippen LogP contribution in [0.2, 0.25) is 0 Å². The number of anilines is 1. The molecule has 0 saturated carbocycles. The second kappa shape index (κ2) is 15.1. The molecule has 19 nitrogen and oxygen atoms in total. The number of carbonyl (C=O) groups excluding carboxylic acids is 5. The number of aliphatic carboxylic acids is 2. The first-order valence-electron chi connectivity index (χ1n) is 14.3. The van der Waals surface area contributed by atoms with E-state index in [-0.39, 0.29) is 41.5 Å². The van der Waals surface area contributed by atoms with Crippen molar-refractivity contribution >= 4 is 82.5 Å². The van der Waals surface area contributed by atoms with Gasteiger partial charge in [-0.15, -0.1) is 22.0 Å². The number of urea groups is 2. The number of hydrogen-bond donors (Lipinski definition) is 7. The molecule has 49 heavy (non-hydrogen) atoms. The Kier molecular flexibility index (Phi) is 10.9. The van der Waals surface area contributed by atoms with E-state index in [1.807, 2.05) is 0 Å². The maximum atomic E-state index is 13.7. The molecule has 3 aliphatic rings. The Morgan fingerprint density at radius 3 is 2.51 bits per heavy atom. The minimum atomic E-state index is -1.43. The van der Waals surface area contributed by atoms with Crippen molar-refractivity contribution < 1.29 is 48.5 Å². The zero-order valence-corrected chi connectivity index (χ0v) is 27.9. The molecule has 8 N–H and O–H groups in total. The highest BCUT2D eigenvalue weighted by Gasteiger charge is 2.54. The number of benzene rings is 1. The van der Waals surface area contributed by atoms with Gasteiger partial charge in [-0.05, 0) is 30.2 Å². The second-order valence-corrected chi connectivity index (χ2v) is 14.1. The van der Waals surface area contributed by atoms with E-state index in [4.69, 9.17) is 15.6 Å². The van der Waals surface area contributed by atoms with E-state index in [2.05, 4.69) is 31.5 Å². The molecule has 2 fully saturated rings. The van der Waals surface area contributed by atoms with Crippen molar-refractivity contribution in [2.75, 3.05) is 36.5 Å². The summed E-state index contributed by atoms with van der Waals surface area (Å²) in [5, 5.41) is 36.8. The number of rotatable bonds is 12. The number of carboxylic acid groups (broad SMARTS) is 2. The van der Waals surface area contributed by atoms with Gasteiger partial charge < -0.3 is 36.6 Å². The average molecular weight is 736 g/mol. The van der Waals surface area contributed by atoms with Crippen molar-refractivity contribution in [3.63, 3.8) is 0 Å². The van der Waals surface area contributed by atoms with Crippen LogP contribution in [0, 0.1) is 6.92 Å². The van der Waals surface area contributed by atoms with E-state index < -0.39 is 72.0 Å². The van der Waals surface area contributed by atoms with Crippen LogP contribution in [0.4, 0.5) is 20.1 Å². The maximum Gasteiger partial charge on any atom is 0.411 e. The largest absolute Gasteiger partial charge is 0.480 e. The number of carbonyl (C=O) groups is 7. The van der Waals surface area contributed by atoms with Crippen LogP contribution in [0.3, 0.4) is 0 Å². The van der Waals surface area contributed by atoms with E-state index in [9.17, 15) is 38.7 Å². The van der Waals surface area contributed by atoms with Gasteiger partial charge in [-0.2, -0.15) is 0 Å². The predicted molar refractivity (Wildman–Crippen MR) is 173 cm³/mol. The van der Waals surface area contributed by atoms with Crippen LogP contribution in [0.1, 0.15) is 16.6 Å². The molecule has 0 spiro atoms. The van der Waals surface area contributed by atoms with Gasteiger partial charge in [-0.3, -0.25) is 24.6 Å². The van der Waals surface area contributed by atoms with Crippen molar-refractivity contribution in [2.45, 2.75) is 34.8 Å². The number of amides is 7. The Hall–Kier alpha value is -4.93. The summed E-state index contributed by atoms with van der Waals surface area (Å²) in [5.74, 6) is -3.57. The van der Waals surface area contributed by atoms with Gasteiger partial charge in [-0.1, -0.05) is 35.2 Å². The summed E-state index contributed by atoms with van der Waals surface area (Å²) in [6.07, 6.45) is -0.989. The van der Waals surface area contributed by atoms with Crippen LogP contribution in [-0.4, -0.2) is 121 Å². The number of nitrogens with zero attached hydrogens (tertiary/aromatic N) is 4. The Bertz CT molecular complexity index is 1720. The zero-order chi connectivity index (χ0) is 35.4. The molecule has 260 valence electrons. The molecule has 1 aromatic heterocycles. The molecule has 4 atom stereocenters. The summed E-state index contributed by atoms with van der Waals surface area (Å²) in [7, 11) is 0. The molecule has 0 radical (unpaired) electrons. The van der Waals surface area contributed by atoms with Crippen LogP contribution < -0.4 is 27.0 Å². The van der Waals surface area contributed by atoms with Gasteiger partial charge in [-0.25, -0.2) is 24.1 Å². The fourth-order valence-corrected chi connectivity index (χ4v) is 8.13. The molecular weight excluding hydrogens is 707 g/mol. The fraction of sp³-hybridized carbons (Fsp3) is 0.370. The molecule has 22 heteroatoms. The third-order valence-electron chi connectivity index (χ3n) is 7.26. The van der Waals surface area contributed by atoms with Crippen molar-refractivity contribution in [3.05, 3.63) is 46.1 Å². The highest BCUT2D eigenvalue weighted by molar-refractivity contribution is 8.01. The Labute approximate surface area is 289 Å². The molecule has 3 aliphatic heterocycles. The van der Waals surface area contributed by atoms with Crippen molar-refractivity contribution in [3.8, 4) is 0 Å². The first kappa shape index (κ1) is 35.4. The molecular formula is C27H29N9O10S3. The zero-order valence-electron chi connectivity index (χ0n) is 25.4. The minimum absolute atomic E-state index is 0.0495. The summed E-state index contributed by atoms with van der Waals surface area (Å²) in [6, 6.07) is 0.0387. The highest BCUT2D eigenvalue weighted by atomic mass is 32.2. The molecule has 4 heterocycles. The number of aromatic nitrogens is 2. The summed E-state index contributed by atoms with van der Waals surface area (Å²) in [6.45, 7) is 1.48. The lowest BCUT2D eigenvalue weighted by Crippen LogP contribution is -2.71. The Morgan fingerprint density at radius 1 is 1.16 bits per heavy atom. The number of fused-ring (bicyclic) bond motifs is 1. The number of carboxylic acids is 2. The topological polar surface area (TPSA) is 276 Å². The number of nitrogens with two attached hydrogens (primary N) is 1. The van der Waals surface area contributed by atoms with Crippen LogP contribution in [0.25, 0.3) is 0 Å². The van der Waals surface area contributed by atoms with Crippen molar-refractivity contribution in [1.29, 1.82) is 0 Å². The molecule has 5 rings (SSSR count). The standard InChI is InChI=1S/C27H29N9O10S3/c1-11-33-34-27(49-11)48-10-13-9-47-21-17(20(38)36(21)18(13)23(41)42)31-19(37)16(32-25(44)35-7-6-29-24(35)43)12-2-4-14(5-3-12)30-26(45)46-8-15(28)22(39)40/h2-5,15-17,21H,6-10,28H2,1H3,(H,29,43)(H,30,45)(H,31,37)(H,32,44)(H,39,40)(H,41,42)/t15-,16-,17-,21+/m1/s1. The van der Waals surface area contributed by atoms with Gasteiger partial charge in [0, 0.05) is 30.3 Å². The Balaban J connectivity index is 1.29. The molecule has 7 amide bonds. The SMILES string of the molecule is Cc1nnc(SCC2=C(C(=O)O)N3C(=O)[C@@H](NC(=O)[C@H](NC(=O)N4CCNC4=O)c4ccc(NC(=O)OC[C@@H](N)C(=O)O)cc4)[C@@H]3SC2)s1. The van der Waals surface area contributed by atoms with Crippen LogP contribution >= 0.6 is 34.9 Å². The smallest absolute Gasteiger partial charge is 0.411 e. The third kappa shape index (κ3) is 8.04. The highest BCUT2D eigenvalue weighted by Crippen LogP contribution is 2.42. The molecule has 0 unspecified atom stereocenters. The third-order valence-corrected chi connectivity index (χ3v) is 10.7. The number of ether oxygens (including phenoxy) is 1. The molecule has 2 aromatic rings. The first-order valence-corrected chi connectivity index (χ1v) is 17.2. The van der Waals surface area contributed by atoms with Gasteiger partial charge >= 0.3 is 30.1 Å². The second-order valence-electron chi connectivity index (χ2n) is 10.6. The number of imide groups is 1. The summed E-state index contributed by atoms with van der Waals surface area (Å²) in [5.41, 5.74) is 6.07. The monoisotopic (exact) mass is 735 g/mol. The maximum absolute atomic E-state index is 13.7. The van der Waals surface area contributed by atoms with E-state index in [1.165, 1.54) is 59.1 Å². The number of thioether (sulfide) groups is 2. The molecule has 0 bridgehead atoms. The summed E-state index contributed by atoms with van der Waals surface area (Å²) < 4.78 is 5.44. The van der Waals surface area contributed by atoms with E-state index in [0.29, 0.717) is 9.91 Å². The number of β-lactam (4-membered cyclic amide) rings is 1. The fourth-order valence-electron chi connectivity index (χ4n) is 4.83. The lowest BCUT2D eigenvalue weighted by atomic mass is 10.0. The van der Waals surface area contributed by atoms with E-state index in [1.54, 1.807) is 6.92 Å². The molecule has 0 aliphatic carbocycles. The lowest BCUT2D eigenvalue weighted by Gasteiger charge is -2.49. The average Bonchev–Trinajstić information content (AvgIpc) is 3.70. The van der Waals surface area contributed by atoms with Gasteiger partial charge in [0.2, 0.25) is 5.91 Å². The summed E-state index contributed by atoms with van der Waals surface area (Å²) in [4.78, 5) is 89.3. The van der Waals surface area contributed by atoms with Crippen molar-refractivity contribution in [2.24, 2.45) is 5.73 Å². The number of nitrogens with one attached hydrogen (secondary N) is 4. The van der Waals surface area contributed by atoms with Crippen molar-refractivity contribution in [1.82, 2.24) is 35.9 Å². The predicted octanol–water partition coefficient (Wildman–Crippen LogP) is 0.114. The van der Waals surface area contributed by atoms with Crippen LogP contribution in [0.5, 0.6) is 0 Å². The number of aryl methyl sites for hydroxylation is 1. The number of hydrogen-bond acceptors (Lipinski definition) is 14. The lowest BCUT2D eigenvalue weighted by molar-refractivity contribution is -0.151. The molecule has 2 saturated heterocycles.